The van der Waals surface area contributed by atoms with Crippen LogP contribution in [0.1, 0.15) is 16.7 Å². The fourth-order valence-electron chi connectivity index (χ4n) is 3.31. The second-order valence-electron chi connectivity index (χ2n) is 6.65. The molecule has 1 heterocycles. The summed E-state index contributed by atoms with van der Waals surface area (Å²) >= 11 is 0. The van der Waals surface area contributed by atoms with E-state index in [1.807, 2.05) is 24.8 Å². The summed E-state index contributed by atoms with van der Waals surface area (Å²) in [7, 11) is 1.70. The second kappa shape index (κ2) is 9.40. The number of rotatable bonds is 7. The fraction of sp³-hybridized carbons (Fsp3) is 0.174. The van der Waals surface area contributed by atoms with E-state index < -0.39 is 0 Å². The number of hydrogen-bond acceptors (Lipinski definition) is 3. The minimum Gasteiger partial charge on any atom is -0.497 e. The van der Waals surface area contributed by atoms with Crippen LogP contribution in [0.3, 0.4) is 0 Å². The summed E-state index contributed by atoms with van der Waals surface area (Å²) < 4.78 is 7.39. The van der Waals surface area contributed by atoms with Gasteiger partial charge in [-0.3, -0.25) is 0 Å². The maximum atomic E-state index is 5.30. The molecule has 0 radical (unpaired) electrons. The molecule has 28 heavy (non-hydrogen) atoms. The molecule has 0 atom stereocenters. The van der Waals surface area contributed by atoms with Crippen LogP contribution >= 0.6 is 12.4 Å². The molecule has 5 heteroatoms. The summed E-state index contributed by atoms with van der Waals surface area (Å²) in [6.07, 6.45) is 5.67. The van der Waals surface area contributed by atoms with Gasteiger partial charge in [-0.05, 0) is 45.7 Å². The van der Waals surface area contributed by atoms with Crippen LogP contribution in [0.4, 0.5) is 0 Å². The van der Waals surface area contributed by atoms with Crippen LogP contribution < -0.4 is 10.1 Å². The highest BCUT2D eigenvalue weighted by atomic mass is 35.5. The van der Waals surface area contributed by atoms with E-state index in [0.29, 0.717) is 0 Å². The molecule has 0 bridgehead atoms. The van der Waals surface area contributed by atoms with E-state index >= 15 is 0 Å². The van der Waals surface area contributed by atoms with E-state index in [1.165, 1.54) is 27.5 Å². The van der Waals surface area contributed by atoms with Gasteiger partial charge in [0.15, 0.2) is 0 Å². The van der Waals surface area contributed by atoms with Gasteiger partial charge in [-0.15, -0.1) is 12.4 Å². The number of hydrogen-bond donors (Lipinski definition) is 1. The lowest BCUT2D eigenvalue weighted by Crippen LogP contribution is -2.14. The van der Waals surface area contributed by atoms with E-state index in [0.717, 1.165) is 25.4 Å². The molecule has 0 amide bonds. The van der Waals surface area contributed by atoms with Crippen molar-refractivity contribution in [1.82, 2.24) is 14.9 Å². The van der Waals surface area contributed by atoms with E-state index in [-0.39, 0.29) is 12.4 Å². The quantitative estimate of drug-likeness (QED) is 0.490. The van der Waals surface area contributed by atoms with Crippen molar-refractivity contribution >= 4 is 23.2 Å². The summed E-state index contributed by atoms with van der Waals surface area (Å²) in [6, 6.07) is 21.3. The zero-order valence-corrected chi connectivity index (χ0v) is 16.7. The van der Waals surface area contributed by atoms with Gasteiger partial charge in [-0.2, -0.15) is 0 Å². The van der Waals surface area contributed by atoms with Crippen LogP contribution in [-0.4, -0.2) is 16.7 Å². The highest BCUT2D eigenvalue weighted by Gasteiger charge is 2.03. The zero-order valence-electron chi connectivity index (χ0n) is 15.8. The number of methoxy groups -OCH3 is 1. The van der Waals surface area contributed by atoms with Gasteiger partial charge < -0.3 is 14.6 Å². The molecule has 4 rings (SSSR count). The molecule has 0 aliphatic heterocycles. The van der Waals surface area contributed by atoms with Gasteiger partial charge in [0.05, 0.1) is 13.4 Å². The Bertz CT molecular complexity index is 1030. The van der Waals surface area contributed by atoms with E-state index in [2.05, 4.69) is 69.5 Å². The minimum atomic E-state index is 0. The summed E-state index contributed by atoms with van der Waals surface area (Å²) in [5.41, 5.74) is 3.91. The van der Waals surface area contributed by atoms with Gasteiger partial charge in [-0.25, -0.2) is 4.98 Å². The molecule has 0 spiro atoms. The van der Waals surface area contributed by atoms with Gasteiger partial charge in [0.25, 0.3) is 0 Å². The topological polar surface area (TPSA) is 39.1 Å². The molecule has 0 aliphatic carbocycles. The van der Waals surface area contributed by atoms with Gasteiger partial charge in [0.1, 0.15) is 5.75 Å². The van der Waals surface area contributed by atoms with E-state index in [1.54, 1.807) is 7.11 Å². The van der Waals surface area contributed by atoms with Crippen LogP contribution in [0.2, 0.25) is 0 Å². The molecule has 0 fully saturated rings. The van der Waals surface area contributed by atoms with Crippen LogP contribution in [0.5, 0.6) is 5.75 Å². The fourth-order valence-corrected chi connectivity index (χ4v) is 3.31. The lowest BCUT2D eigenvalue weighted by molar-refractivity contribution is 0.415. The largest absolute Gasteiger partial charge is 0.497 e. The first-order chi connectivity index (χ1) is 13.3. The SMILES string of the molecule is COc1ccc2cc(CNCc3ccccc3Cn3ccnc3)ccc2c1.Cl. The van der Waals surface area contributed by atoms with Crippen molar-refractivity contribution in [3.63, 3.8) is 0 Å². The third-order valence-electron chi connectivity index (χ3n) is 4.79. The smallest absolute Gasteiger partial charge is 0.119 e. The van der Waals surface area contributed by atoms with Crippen LogP contribution in [0.25, 0.3) is 10.8 Å². The third kappa shape index (κ3) is 4.71. The predicted octanol–water partition coefficient (Wildman–Crippen LogP) is 4.80. The van der Waals surface area contributed by atoms with Crippen molar-refractivity contribution in [2.45, 2.75) is 19.6 Å². The monoisotopic (exact) mass is 393 g/mol. The average Bonchev–Trinajstić information content (AvgIpc) is 3.22. The Morgan fingerprint density at radius 3 is 2.50 bits per heavy atom. The first-order valence-electron chi connectivity index (χ1n) is 9.12. The highest BCUT2D eigenvalue weighted by Crippen LogP contribution is 2.22. The Balaban J connectivity index is 0.00000225. The number of nitrogens with zero attached hydrogens (tertiary/aromatic N) is 2. The molecular weight excluding hydrogens is 370 g/mol. The van der Waals surface area contributed by atoms with Crippen molar-refractivity contribution < 1.29 is 4.74 Å². The lowest BCUT2D eigenvalue weighted by Gasteiger charge is -2.12. The Morgan fingerprint density at radius 2 is 1.71 bits per heavy atom. The first-order valence-corrected chi connectivity index (χ1v) is 9.12. The summed E-state index contributed by atoms with van der Waals surface area (Å²) in [6.45, 7) is 2.52. The standard InChI is InChI=1S/C23H23N3O.ClH/c1-27-23-9-8-19-12-18(6-7-20(19)13-23)14-25-15-21-4-2-3-5-22(21)16-26-11-10-24-17-26;/h2-13,17,25H,14-16H2,1H3;1H. The molecule has 0 saturated carbocycles. The molecule has 0 unspecified atom stereocenters. The van der Waals surface area contributed by atoms with Crippen molar-refractivity contribution in [2.75, 3.05) is 7.11 Å². The van der Waals surface area contributed by atoms with Gasteiger partial charge in [0, 0.05) is 32.0 Å². The molecule has 0 aliphatic rings. The van der Waals surface area contributed by atoms with Crippen LogP contribution in [0, 0.1) is 0 Å². The number of aromatic nitrogens is 2. The lowest BCUT2D eigenvalue weighted by atomic mass is 10.1. The second-order valence-corrected chi connectivity index (χ2v) is 6.65. The van der Waals surface area contributed by atoms with Crippen molar-refractivity contribution in [3.05, 3.63) is 96.1 Å². The van der Waals surface area contributed by atoms with E-state index in [9.17, 15) is 0 Å². The molecule has 4 nitrogen and oxygen atoms in total. The molecule has 0 saturated heterocycles. The number of halogens is 1. The van der Waals surface area contributed by atoms with E-state index in [4.69, 9.17) is 4.74 Å². The molecule has 1 aromatic heterocycles. The Hall–Kier alpha value is -2.82. The number of fused-ring (bicyclic) bond motifs is 1. The summed E-state index contributed by atoms with van der Waals surface area (Å²) in [5, 5.41) is 6.01. The minimum absolute atomic E-state index is 0. The predicted molar refractivity (Wildman–Crippen MR) is 116 cm³/mol. The van der Waals surface area contributed by atoms with Crippen molar-refractivity contribution in [3.8, 4) is 5.75 Å². The number of benzene rings is 3. The van der Waals surface area contributed by atoms with Gasteiger partial charge in [-0.1, -0.05) is 42.5 Å². The average molecular weight is 394 g/mol. The third-order valence-corrected chi connectivity index (χ3v) is 4.79. The molecule has 4 aromatic rings. The van der Waals surface area contributed by atoms with Crippen molar-refractivity contribution in [1.29, 1.82) is 0 Å². The summed E-state index contributed by atoms with van der Waals surface area (Å²) in [4.78, 5) is 4.13. The van der Waals surface area contributed by atoms with Gasteiger partial charge >= 0.3 is 0 Å². The first kappa shape index (κ1) is 19.9. The Morgan fingerprint density at radius 1 is 0.929 bits per heavy atom. The zero-order chi connectivity index (χ0) is 18.5. The maximum Gasteiger partial charge on any atom is 0.119 e. The van der Waals surface area contributed by atoms with Crippen LogP contribution in [0.15, 0.2) is 79.4 Å². The normalized spacial score (nSPS) is 10.6. The molecule has 3 aromatic carbocycles. The van der Waals surface area contributed by atoms with Gasteiger partial charge in [0.2, 0.25) is 0 Å². The summed E-state index contributed by atoms with van der Waals surface area (Å²) in [5.74, 6) is 0.892. The number of nitrogens with one attached hydrogen (secondary N) is 1. The highest BCUT2D eigenvalue weighted by molar-refractivity contribution is 5.85. The molecule has 144 valence electrons. The molecule has 1 N–H and O–H groups in total. The molecular formula is C23H24ClN3O. The van der Waals surface area contributed by atoms with Crippen molar-refractivity contribution in [2.24, 2.45) is 0 Å². The number of ether oxygens (including phenoxy) is 1. The maximum absolute atomic E-state index is 5.30. The number of imidazole rings is 1. The Kier molecular flexibility index (Phi) is 6.69. The van der Waals surface area contributed by atoms with Crippen LogP contribution in [-0.2, 0) is 19.6 Å². The Labute approximate surface area is 171 Å².